The van der Waals surface area contributed by atoms with E-state index in [1.54, 1.807) is 11.3 Å². The Bertz CT molecular complexity index is 353. The van der Waals surface area contributed by atoms with Crippen LogP contribution in [0.15, 0.2) is 0 Å². The standard InChI is InChI=1S/C13H23N3S/c1-10(2)8-14-9-11-15-16-12(17-11)13(3)6-4-5-7-13/h10,14H,4-9H2,1-3H3. The normalized spacial score (nSPS) is 19.1. The molecule has 1 heterocycles. The van der Waals surface area contributed by atoms with E-state index in [-0.39, 0.29) is 0 Å². The average Bonchev–Trinajstić information content (AvgIpc) is 2.87. The quantitative estimate of drug-likeness (QED) is 0.876. The molecule has 0 bridgehead atoms. The summed E-state index contributed by atoms with van der Waals surface area (Å²) in [6.07, 6.45) is 5.25. The molecule has 0 aliphatic heterocycles. The molecule has 1 aliphatic rings. The fourth-order valence-corrected chi connectivity index (χ4v) is 3.42. The lowest BCUT2D eigenvalue weighted by Crippen LogP contribution is -2.18. The van der Waals surface area contributed by atoms with Crippen molar-refractivity contribution in [2.24, 2.45) is 5.92 Å². The highest BCUT2D eigenvalue weighted by atomic mass is 32.1. The van der Waals surface area contributed by atoms with E-state index in [4.69, 9.17) is 0 Å². The minimum Gasteiger partial charge on any atom is -0.310 e. The molecule has 0 amide bonds. The van der Waals surface area contributed by atoms with Gasteiger partial charge in [-0.3, -0.25) is 0 Å². The van der Waals surface area contributed by atoms with Crippen molar-refractivity contribution in [3.05, 3.63) is 10.0 Å². The van der Waals surface area contributed by atoms with Crippen molar-refractivity contribution < 1.29 is 0 Å². The highest BCUT2D eigenvalue weighted by Gasteiger charge is 2.33. The molecule has 1 aromatic rings. The van der Waals surface area contributed by atoms with Crippen LogP contribution >= 0.6 is 11.3 Å². The third-order valence-corrected chi connectivity index (χ3v) is 4.75. The van der Waals surface area contributed by atoms with Gasteiger partial charge in [-0.15, -0.1) is 10.2 Å². The molecule has 2 rings (SSSR count). The second-order valence-corrected chi connectivity index (χ2v) is 6.86. The van der Waals surface area contributed by atoms with Gasteiger partial charge in [0, 0.05) is 12.0 Å². The third-order valence-electron chi connectivity index (χ3n) is 3.52. The molecule has 1 aromatic heterocycles. The van der Waals surface area contributed by atoms with Crippen LogP contribution in [0.2, 0.25) is 0 Å². The fourth-order valence-electron chi connectivity index (χ4n) is 2.41. The van der Waals surface area contributed by atoms with Gasteiger partial charge < -0.3 is 5.32 Å². The second-order valence-electron chi connectivity index (χ2n) is 5.79. The molecule has 0 radical (unpaired) electrons. The van der Waals surface area contributed by atoms with Gasteiger partial charge in [-0.05, 0) is 25.3 Å². The maximum atomic E-state index is 4.40. The number of nitrogens with one attached hydrogen (secondary N) is 1. The van der Waals surface area contributed by atoms with Gasteiger partial charge in [0.25, 0.3) is 0 Å². The van der Waals surface area contributed by atoms with Gasteiger partial charge in [0.15, 0.2) is 0 Å². The highest BCUT2D eigenvalue weighted by molar-refractivity contribution is 7.11. The van der Waals surface area contributed by atoms with E-state index in [2.05, 4.69) is 36.3 Å². The van der Waals surface area contributed by atoms with Gasteiger partial charge in [0.05, 0.1) is 0 Å². The number of nitrogens with zero attached hydrogens (tertiary/aromatic N) is 2. The Balaban J connectivity index is 1.91. The molecule has 1 fully saturated rings. The number of hydrogen-bond acceptors (Lipinski definition) is 4. The first-order valence-corrected chi connectivity index (χ1v) is 7.45. The van der Waals surface area contributed by atoms with E-state index in [0.29, 0.717) is 11.3 Å². The summed E-state index contributed by atoms with van der Waals surface area (Å²) in [6, 6.07) is 0. The average molecular weight is 253 g/mol. The van der Waals surface area contributed by atoms with Crippen LogP contribution in [0.1, 0.15) is 56.5 Å². The zero-order valence-corrected chi connectivity index (χ0v) is 11.9. The van der Waals surface area contributed by atoms with Crippen LogP contribution < -0.4 is 5.32 Å². The molecule has 0 spiro atoms. The summed E-state index contributed by atoms with van der Waals surface area (Å²) < 4.78 is 0. The Kier molecular flexibility index (Phi) is 4.15. The van der Waals surface area contributed by atoms with Gasteiger partial charge >= 0.3 is 0 Å². The lowest BCUT2D eigenvalue weighted by Gasteiger charge is -2.18. The maximum Gasteiger partial charge on any atom is 0.131 e. The number of hydrogen-bond donors (Lipinski definition) is 1. The van der Waals surface area contributed by atoms with Crippen LogP contribution in [0.4, 0.5) is 0 Å². The van der Waals surface area contributed by atoms with Crippen LogP contribution in [-0.2, 0) is 12.0 Å². The van der Waals surface area contributed by atoms with Crippen molar-refractivity contribution in [3.8, 4) is 0 Å². The summed E-state index contributed by atoms with van der Waals surface area (Å²) in [4.78, 5) is 0. The predicted molar refractivity (Wildman–Crippen MR) is 72.3 cm³/mol. The van der Waals surface area contributed by atoms with E-state index in [0.717, 1.165) is 18.1 Å². The Labute approximate surface area is 108 Å². The summed E-state index contributed by atoms with van der Waals surface area (Å²) >= 11 is 1.80. The third kappa shape index (κ3) is 3.26. The smallest absolute Gasteiger partial charge is 0.131 e. The van der Waals surface area contributed by atoms with Crippen molar-refractivity contribution in [2.45, 2.75) is 58.4 Å². The highest BCUT2D eigenvalue weighted by Crippen LogP contribution is 2.41. The van der Waals surface area contributed by atoms with E-state index in [1.165, 1.54) is 30.7 Å². The minimum absolute atomic E-state index is 0.313. The lowest BCUT2D eigenvalue weighted by molar-refractivity contribution is 0.483. The lowest BCUT2D eigenvalue weighted by atomic mass is 9.90. The van der Waals surface area contributed by atoms with Crippen LogP contribution in [0, 0.1) is 5.92 Å². The first-order chi connectivity index (χ1) is 8.10. The summed E-state index contributed by atoms with van der Waals surface area (Å²) in [7, 11) is 0. The molecule has 1 aliphatic carbocycles. The summed E-state index contributed by atoms with van der Waals surface area (Å²) in [5, 5.41) is 14.5. The van der Waals surface area contributed by atoms with Crippen molar-refractivity contribution in [1.29, 1.82) is 0 Å². The zero-order chi connectivity index (χ0) is 12.3. The summed E-state index contributed by atoms with van der Waals surface area (Å²) in [5.74, 6) is 0.690. The number of rotatable bonds is 5. The van der Waals surface area contributed by atoms with Crippen LogP contribution in [-0.4, -0.2) is 16.7 Å². The van der Waals surface area contributed by atoms with E-state index >= 15 is 0 Å². The monoisotopic (exact) mass is 253 g/mol. The van der Waals surface area contributed by atoms with Crippen molar-refractivity contribution in [1.82, 2.24) is 15.5 Å². The summed E-state index contributed by atoms with van der Waals surface area (Å²) in [5.41, 5.74) is 0.313. The van der Waals surface area contributed by atoms with E-state index < -0.39 is 0 Å². The maximum absolute atomic E-state index is 4.40. The van der Waals surface area contributed by atoms with Crippen LogP contribution in [0.3, 0.4) is 0 Å². The van der Waals surface area contributed by atoms with E-state index in [1.807, 2.05) is 0 Å². The first-order valence-electron chi connectivity index (χ1n) is 6.64. The molecule has 0 atom stereocenters. The largest absolute Gasteiger partial charge is 0.310 e. The number of aromatic nitrogens is 2. The molecular weight excluding hydrogens is 230 g/mol. The SMILES string of the molecule is CC(C)CNCc1nnc(C2(C)CCCC2)s1. The molecule has 4 heteroatoms. The first kappa shape index (κ1) is 13.0. The Morgan fingerprint density at radius 1 is 1.29 bits per heavy atom. The van der Waals surface area contributed by atoms with Gasteiger partial charge in [0.2, 0.25) is 0 Å². The van der Waals surface area contributed by atoms with Gasteiger partial charge in [0.1, 0.15) is 10.0 Å². The van der Waals surface area contributed by atoms with Gasteiger partial charge in [-0.1, -0.05) is 44.9 Å². The second kappa shape index (κ2) is 5.44. The molecule has 0 saturated heterocycles. The molecule has 3 nitrogen and oxygen atoms in total. The molecule has 0 aromatic carbocycles. The predicted octanol–water partition coefficient (Wildman–Crippen LogP) is 3.12. The zero-order valence-electron chi connectivity index (χ0n) is 11.1. The van der Waals surface area contributed by atoms with Gasteiger partial charge in [-0.2, -0.15) is 0 Å². The minimum atomic E-state index is 0.313. The topological polar surface area (TPSA) is 37.8 Å². The van der Waals surface area contributed by atoms with Crippen molar-refractivity contribution in [3.63, 3.8) is 0 Å². The molecule has 96 valence electrons. The Hall–Kier alpha value is -0.480. The molecular formula is C13H23N3S. The van der Waals surface area contributed by atoms with Crippen LogP contribution in [0.25, 0.3) is 0 Å². The molecule has 17 heavy (non-hydrogen) atoms. The van der Waals surface area contributed by atoms with Crippen molar-refractivity contribution in [2.75, 3.05) is 6.54 Å². The molecule has 0 unspecified atom stereocenters. The molecule has 1 N–H and O–H groups in total. The Morgan fingerprint density at radius 2 is 2.00 bits per heavy atom. The Morgan fingerprint density at radius 3 is 2.65 bits per heavy atom. The van der Waals surface area contributed by atoms with Gasteiger partial charge in [-0.25, -0.2) is 0 Å². The van der Waals surface area contributed by atoms with Crippen molar-refractivity contribution >= 4 is 11.3 Å². The van der Waals surface area contributed by atoms with Crippen LogP contribution in [0.5, 0.6) is 0 Å². The molecule has 1 saturated carbocycles. The fraction of sp³-hybridized carbons (Fsp3) is 0.846. The summed E-state index contributed by atoms with van der Waals surface area (Å²) in [6.45, 7) is 8.69. The van der Waals surface area contributed by atoms with E-state index in [9.17, 15) is 0 Å².